The second kappa shape index (κ2) is 6.18. The average molecular weight is 227 g/mol. The van der Waals surface area contributed by atoms with Crippen LogP contribution >= 0.6 is 11.8 Å². The number of nitrogens with one attached hydrogen (secondary N) is 2. The van der Waals surface area contributed by atoms with Gasteiger partial charge in [-0.2, -0.15) is 16.9 Å². The average Bonchev–Trinajstić information content (AvgIpc) is 2.61. The fourth-order valence-corrected chi connectivity index (χ4v) is 2.34. The molecule has 0 spiro atoms. The van der Waals surface area contributed by atoms with Gasteiger partial charge < -0.3 is 5.32 Å². The molecule has 1 aromatic rings. The zero-order valence-electron chi connectivity index (χ0n) is 10.0. The lowest BCUT2D eigenvalue weighted by atomic mass is 10.1. The quantitative estimate of drug-likeness (QED) is 0.784. The van der Waals surface area contributed by atoms with Crippen molar-refractivity contribution in [2.45, 2.75) is 39.8 Å². The largest absolute Gasteiger partial charge is 0.307 e. The van der Waals surface area contributed by atoms with Crippen LogP contribution < -0.4 is 5.32 Å². The van der Waals surface area contributed by atoms with E-state index in [9.17, 15) is 0 Å². The summed E-state index contributed by atoms with van der Waals surface area (Å²) in [5.41, 5.74) is 2.42. The molecule has 3 nitrogen and oxygen atoms in total. The maximum Gasteiger partial charge on any atom is 0.0537 e. The zero-order valence-corrected chi connectivity index (χ0v) is 10.8. The fraction of sp³-hybridized carbons (Fsp3) is 0.727. The molecule has 0 amide bonds. The third-order valence-corrected chi connectivity index (χ3v) is 3.59. The first-order valence-electron chi connectivity index (χ1n) is 5.48. The molecule has 2 unspecified atom stereocenters. The van der Waals surface area contributed by atoms with Gasteiger partial charge in [-0.25, -0.2) is 0 Å². The van der Waals surface area contributed by atoms with Crippen LogP contribution in [0.5, 0.6) is 0 Å². The van der Waals surface area contributed by atoms with Crippen LogP contribution in [0.25, 0.3) is 0 Å². The van der Waals surface area contributed by atoms with Gasteiger partial charge in [-0.15, -0.1) is 0 Å². The third-order valence-electron chi connectivity index (χ3n) is 2.44. The Hall–Kier alpha value is -0.480. The van der Waals surface area contributed by atoms with Crippen molar-refractivity contribution in [2.75, 3.05) is 11.5 Å². The van der Waals surface area contributed by atoms with E-state index in [2.05, 4.69) is 43.2 Å². The highest BCUT2D eigenvalue weighted by molar-refractivity contribution is 7.99. The molecule has 0 fully saturated rings. The summed E-state index contributed by atoms with van der Waals surface area (Å²) in [6.07, 6.45) is 1.91. The molecule has 2 N–H and O–H groups in total. The number of aryl methyl sites for hydroxylation is 1. The summed E-state index contributed by atoms with van der Waals surface area (Å²) in [6, 6.07) is 0.912. The standard InChI is InChI=1S/C11H21N3S/c1-5-15-7-8(2)13-9(3)11-6-12-14-10(11)4/h6,8-9,13H,5,7H2,1-4H3,(H,12,14). The SMILES string of the molecule is CCSCC(C)NC(C)c1cn[nH]c1C. The van der Waals surface area contributed by atoms with Gasteiger partial charge in [0, 0.05) is 29.1 Å². The van der Waals surface area contributed by atoms with Gasteiger partial charge in [0.15, 0.2) is 0 Å². The van der Waals surface area contributed by atoms with Crippen molar-refractivity contribution in [3.63, 3.8) is 0 Å². The molecule has 1 heterocycles. The molecule has 0 aliphatic rings. The number of thioether (sulfide) groups is 1. The molecule has 2 atom stereocenters. The molecular weight excluding hydrogens is 206 g/mol. The maximum absolute atomic E-state index is 4.04. The Bertz CT molecular complexity index is 285. The Morgan fingerprint density at radius 2 is 2.27 bits per heavy atom. The number of aromatic amines is 1. The van der Waals surface area contributed by atoms with E-state index in [1.54, 1.807) is 0 Å². The summed E-state index contributed by atoms with van der Waals surface area (Å²) in [5, 5.41) is 10.6. The summed E-state index contributed by atoms with van der Waals surface area (Å²) < 4.78 is 0. The molecule has 0 aliphatic carbocycles. The van der Waals surface area contributed by atoms with Crippen LogP contribution in [0.15, 0.2) is 6.20 Å². The van der Waals surface area contributed by atoms with Gasteiger partial charge in [0.25, 0.3) is 0 Å². The van der Waals surface area contributed by atoms with Crippen LogP contribution in [-0.2, 0) is 0 Å². The maximum atomic E-state index is 4.04. The first-order valence-corrected chi connectivity index (χ1v) is 6.64. The van der Waals surface area contributed by atoms with Crippen molar-refractivity contribution in [1.82, 2.24) is 15.5 Å². The minimum atomic E-state index is 0.371. The van der Waals surface area contributed by atoms with Crippen molar-refractivity contribution >= 4 is 11.8 Å². The number of aromatic nitrogens is 2. The van der Waals surface area contributed by atoms with E-state index in [0.717, 1.165) is 11.4 Å². The van der Waals surface area contributed by atoms with E-state index in [0.29, 0.717) is 12.1 Å². The molecule has 0 bridgehead atoms. The summed E-state index contributed by atoms with van der Waals surface area (Å²) in [6.45, 7) is 8.67. The smallest absolute Gasteiger partial charge is 0.0537 e. The van der Waals surface area contributed by atoms with Crippen LogP contribution in [0.3, 0.4) is 0 Å². The Morgan fingerprint density at radius 3 is 2.80 bits per heavy atom. The molecule has 1 rings (SSSR count). The van der Waals surface area contributed by atoms with Gasteiger partial charge in [-0.05, 0) is 26.5 Å². The molecule has 0 aromatic carbocycles. The second-order valence-electron chi connectivity index (χ2n) is 3.90. The summed E-state index contributed by atoms with van der Waals surface area (Å²) >= 11 is 1.97. The van der Waals surface area contributed by atoms with Crippen molar-refractivity contribution in [1.29, 1.82) is 0 Å². The van der Waals surface area contributed by atoms with Crippen molar-refractivity contribution in [3.8, 4) is 0 Å². The molecule has 0 saturated heterocycles. The van der Waals surface area contributed by atoms with E-state index in [4.69, 9.17) is 0 Å². The zero-order chi connectivity index (χ0) is 11.3. The van der Waals surface area contributed by atoms with Crippen LogP contribution in [0.4, 0.5) is 0 Å². The summed E-state index contributed by atoms with van der Waals surface area (Å²) in [5.74, 6) is 2.35. The van der Waals surface area contributed by atoms with Gasteiger partial charge in [-0.1, -0.05) is 6.92 Å². The number of nitrogens with zero attached hydrogens (tertiary/aromatic N) is 1. The molecule has 0 radical (unpaired) electrons. The number of H-pyrrole nitrogens is 1. The first-order chi connectivity index (χ1) is 7.15. The minimum absolute atomic E-state index is 0.371. The predicted octanol–water partition coefficient (Wildman–Crippen LogP) is 2.51. The lowest BCUT2D eigenvalue weighted by Gasteiger charge is -2.19. The van der Waals surface area contributed by atoms with Crippen LogP contribution in [-0.4, -0.2) is 27.7 Å². The van der Waals surface area contributed by atoms with E-state index in [-0.39, 0.29) is 0 Å². The van der Waals surface area contributed by atoms with Crippen LogP contribution in [0.2, 0.25) is 0 Å². The molecule has 4 heteroatoms. The fourth-order valence-electron chi connectivity index (χ4n) is 1.66. The predicted molar refractivity (Wildman–Crippen MR) is 67.3 cm³/mol. The second-order valence-corrected chi connectivity index (χ2v) is 5.22. The van der Waals surface area contributed by atoms with Crippen molar-refractivity contribution in [3.05, 3.63) is 17.5 Å². The highest BCUT2D eigenvalue weighted by atomic mass is 32.2. The summed E-state index contributed by atoms with van der Waals surface area (Å²) in [4.78, 5) is 0. The summed E-state index contributed by atoms with van der Waals surface area (Å²) in [7, 11) is 0. The van der Waals surface area contributed by atoms with Gasteiger partial charge in [0.1, 0.15) is 0 Å². The van der Waals surface area contributed by atoms with Crippen LogP contribution in [0.1, 0.15) is 38.1 Å². The minimum Gasteiger partial charge on any atom is -0.307 e. The van der Waals surface area contributed by atoms with E-state index < -0.39 is 0 Å². The van der Waals surface area contributed by atoms with Gasteiger partial charge >= 0.3 is 0 Å². The van der Waals surface area contributed by atoms with E-state index >= 15 is 0 Å². The molecule has 86 valence electrons. The molecule has 0 saturated carbocycles. The Morgan fingerprint density at radius 1 is 1.53 bits per heavy atom. The van der Waals surface area contributed by atoms with E-state index in [1.165, 1.54) is 11.3 Å². The normalized spacial score (nSPS) is 15.2. The van der Waals surface area contributed by atoms with Crippen molar-refractivity contribution < 1.29 is 0 Å². The van der Waals surface area contributed by atoms with Gasteiger partial charge in [0.2, 0.25) is 0 Å². The Labute approximate surface area is 96.4 Å². The Balaban J connectivity index is 2.42. The van der Waals surface area contributed by atoms with Gasteiger partial charge in [-0.3, -0.25) is 5.10 Å². The van der Waals surface area contributed by atoms with E-state index in [1.807, 2.05) is 18.0 Å². The monoisotopic (exact) mass is 227 g/mol. The third kappa shape index (κ3) is 3.87. The Kier molecular flexibility index (Phi) is 5.19. The molecular formula is C11H21N3S. The topological polar surface area (TPSA) is 40.7 Å². The van der Waals surface area contributed by atoms with Gasteiger partial charge in [0.05, 0.1) is 6.20 Å². The lowest BCUT2D eigenvalue weighted by molar-refractivity contribution is 0.510. The lowest BCUT2D eigenvalue weighted by Crippen LogP contribution is -2.31. The van der Waals surface area contributed by atoms with Crippen LogP contribution in [0, 0.1) is 6.92 Å². The molecule has 1 aromatic heterocycles. The first kappa shape index (κ1) is 12.6. The van der Waals surface area contributed by atoms with Crippen molar-refractivity contribution in [2.24, 2.45) is 0 Å². The number of rotatable bonds is 6. The highest BCUT2D eigenvalue weighted by Gasteiger charge is 2.12. The number of hydrogen-bond acceptors (Lipinski definition) is 3. The molecule has 0 aliphatic heterocycles. The highest BCUT2D eigenvalue weighted by Crippen LogP contribution is 2.15. The molecule has 15 heavy (non-hydrogen) atoms. The number of hydrogen-bond donors (Lipinski definition) is 2.